The molecule has 3 nitrogen and oxygen atoms in total. The predicted molar refractivity (Wildman–Crippen MR) is 93.2 cm³/mol. The molecule has 1 amide bonds. The van der Waals surface area contributed by atoms with Crippen molar-refractivity contribution in [3.8, 4) is 0 Å². The summed E-state index contributed by atoms with van der Waals surface area (Å²) in [5.41, 5.74) is 0.805. The molecule has 3 rings (SSSR count). The number of anilines is 1. The molecule has 0 aromatic heterocycles. The van der Waals surface area contributed by atoms with E-state index in [1.807, 2.05) is 24.3 Å². The molecule has 0 aliphatic carbocycles. The van der Waals surface area contributed by atoms with Crippen molar-refractivity contribution in [1.29, 1.82) is 0 Å². The van der Waals surface area contributed by atoms with Gasteiger partial charge in [-0.1, -0.05) is 47.7 Å². The van der Waals surface area contributed by atoms with Crippen molar-refractivity contribution in [2.24, 2.45) is 0 Å². The number of halogens is 1. The van der Waals surface area contributed by atoms with Gasteiger partial charge >= 0.3 is 0 Å². The van der Waals surface area contributed by atoms with E-state index in [0.29, 0.717) is 11.6 Å². The molecule has 0 radical (unpaired) electrons. The van der Waals surface area contributed by atoms with Crippen LogP contribution in [0.5, 0.6) is 0 Å². The quantitative estimate of drug-likeness (QED) is 0.768. The molecule has 2 saturated heterocycles. The molecule has 2 aliphatic heterocycles. The molecule has 6 heteroatoms. The van der Waals surface area contributed by atoms with Crippen LogP contribution in [-0.4, -0.2) is 40.0 Å². The van der Waals surface area contributed by atoms with Crippen LogP contribution in [0.4, 0.5) is 5.69 Å². The molecule has 0 saturated carbocycles. The lowest BCUT2D eigenvalue weighted by Gasteiger charge is -2.21. The highest BCUT2D eigenvalue weighted by molar-refractivity contribution is 8.23. The number of thiocarbonyl (C=S) groups is 1. The number of hydrogen-bond acceptors (Lipinski definition) is 3. The third-order valence-corrected chi connectivity index (χ3v) is 5.96. The Morgan fingerprint density at radius 1 is 1.24 bits per heavy atom. The molecule has 1 aromatic carbocycles. The largest absolute Gasteiger partial charge is 0.358 e. The summed E-state index contributed by atoms with van der Waals surface area (Å²) in [5, 5.41) is 0.549. The van der Waals surface area contributed by atoms with Gasteiger partial charge in [0.25, 0.3) is 0 Å². The molecule has 0 bridgehead atoms. The Balaban J connectivity index is 1.66. The zero-order chi connectivity index (χ0) is 14.8. The maximum absolute atomic E-state index is 12.6. The molecule has 1 unspecified atom stereocenters. The van der Waals surface area contributed by atoms with Gasteiger partial charge in [-0.3, -0.25) is 4.79 Å². The SMILES string of the molecule is O=C1C(SC(=S)N2CCCC2)CCN1c1ccccc1Cl. The fourth-order valence-electron chi connectivity index (χ4n) is 2.77. The van der Waals surface area contributed by atoms with Crippen LogP contribution >= 0.6 is 35.6 Å². The van der Waals surface area contributed by atoms with Crippen LogP contribution in [0.2, 0.25) is 5.02 Å². The maximum Gasteiger partial charge on any atom is 0.240 e. The number of thioether (sulfide) groups is 1. The van der Waals surface area contributed by atoms with Crippen molar-refractivity contribution in [1.82, 2.24) is 4.90 Å². The average molecular weight is 341 g/mol. The van der Waals surface area contributed by atoms with Crippen LogP contribution < -0.4 is 4.90 Å². The van der Waals surface area contributed by atoms with E-state index >= 15 is 0 Å². The highest BCUT2D eigenvalue weighted by Gasteiger charge is 2.35. The second kappa shape index (κ2) is 6.55. The summed E-state index contributed by atoms with van der Waals surface area (Å²) in [4.78, 5) is 16.6. The summed E-state index contributed by atoms with van der Waals surface area (Å²) >= 11 is 13.2. The van der Waals surface area contributed by atoms with E-state index in [4.69, 9.17) is 23.8 Å². The Morgan fingerprint density at radius 3 is 2.67 bits per heavy atom. The minimum atomic E-state index is -0.0747. The number of benzene rings is 1. The Hall–Kier alpha value is -0.780. The monoisotopic (exact) mass is 340 g/mol. The lowest BCUT2D eigenvalue weighted by Crippen LogP contribution is -2.31. The Morgan fingerprint density at radius 2 is 1.95 bits per heavy atom. The number of rotatable bonds is 2. The highest BCUT2D eigenvalue weighted by Crippen LogP contribution is 2.34. The predicted octanol–water partition coefficient (Wildman–Crippen LogP) is 3.56. The number of amides is 1. The van der Waals surface area contributed by atoms with Crippen molar-refractivity contribution in [3.63, 3.8) is 0 Å². The molecule has 1 atom stereocenters. The number of carbonyl (C=O) groups excluding carboxylic acids is 1. The zero-order valence-electron chi connectivity index (χ0n) is 11.6. The molecule has 2 heterocycles. The van der Waals surface area contributed by atoms with E-state index in [2.05, 4.69) is 4.90 Å². The molecule has 2 fully saturated rings. The first-order valence-electron chi connectivity index (χ1n) is 7.18. The molecule has 1 aromatic rings. The van der Waals surface area contributed by atoms with E-state index in [0.717, 1.165) is 29.5 Å². The summed E-state index contributed by atoms with van der Waals surface area (Å²) in [6, 6.07) is 7.50. The zero-order valence-corrected chi connectivity index (χ0v) is 14.0. The fraction of sp³-hybridized carbons (Fsp3) is 0.467. The Labute approximate surface area is 139 Å². The van der Waals surface area contributed by atoms with Crippen molar-refractivity contribution in [2.75, 3.05) is 24.5 Å². The molecule has 0 N–H and O–H groups in total. The lowest BCUT2D eigenvalue weighted by atomic mass is 10.3. The molecule has 112 valence electrons. The molecular weight excluding hydrogens is 324 g/mol. The van der Waals surface area contributed by atoms with Crippen LogP contribution in [-0.2, 0) is 4.79 Å². The van der Waals surface area contributed by atoms with Gasteiger partial charge in [-0.05, 0) is 31.4 Å². The second-order valence-electron chi connectivity index (χ2n) is 5.30. The summed E-state index contributed by atoms with van der Waals surface area (Å²) in [5.74, 6) is 0.120. The molecule has 0 spiro atoms. The average Bonchev–Trinajstić information content (AvgIpc) is 3.11. The normalized spacial score (nSPS) is 22.1. The molecule has 21 heavy (non-hydrogen) atoms. The van der Waals surface area contributed by atoms with E-state index in [-0.39, 0.29) is 11.2 Å². The molecule has 2 aliphatic rings. The summed E-state index contributed by atoms with van der Waals surface area (Å²) in [6.07, 6.45) is 3.22. The number of carbonyl (C=O) groups is 1. The topological polar surface area (TPSA) is 23.6 Å². The fourth-order valence-corrected chi connectivity index (χ4v) is 4.56. The lowest BCUT2D eigenvalue weighted by molar-refractivity contribution is -0.116. The van der Waals surface area contributed by atoms with Gasteiger partial charge in [-0.2, -0.15) is 0 Å². The van der Waals surface area contributed by atoms with Gasteiger partial charge in [-0.25, -0.2) is 0 Å². The van der Waals surface area contributed by atoms with Crippen LogP contribution in [0.15, 0.2) is 24.3 Å². The van der Waals surface area contributed by atoms with Crippen LogP contribution in [0.3, 0.4) is 0 Å². The first-order chi connectivity index (χ1) is 10.2. The second-order valence-corrected chi connectivity index (χ2v) is 7.54. The number of likely N-dealkylation sites (tertiary alicyclic amines) is 1. The number of hydrogen-bond donors (Lipinski definition) is 0. The van der Waals surface area contributed by atoms with Crippen molar-refractivity contribution < 1.29 is 4.79 Å². The third kappa shape index (κ3) is 3.20. The number of nitrogens with zero attached hydrogens (tertiary/aromatic N) is 2. The van der Waals surface area contributed by atoms with Crippen molar-refractivity contribution in [3.05, 3.63) is 29.3 Å². The maximum atomic E-state index is 12.6. The summed E-state index contributed by atoms with van der Waals surface area (Å²) in [7, 11) is 0. The third-order valence-electron chi connectivity index (χ3n) is 3.91. The van der Waals surface area contributed by atoms with Crippen molar-refractivity contribution >= 4 is 51.5 Å². The van der Waals surface area contributed by atoms with Crippen molar-refractivity contribution in [2.45, 2.75) is 24.5 Å². The Bertz CT molecular complexity index is 560. The van der Waals surface area contributed by atoms with E-state index < -0.39 is 0 Å². The standard InChI is InChI=1S/C15H17ClN2OS2/c16-11-5-1-2-6-12(11)18-10-7-13(14(18)19)21-15(20)17-8-3-4-9-17/h1-2,5-6,13H,3-4,7-10H2. The molecular formula is C15H17ClN2OS2. The highest BCUT2D eigenvalue weighted by atomic mass is 35.5. The first-order valence-corrected chi connectivity index (χ1v) is 8.85. The van der Waals surface area contributed by atoms with Gasteiger partial charge in [0.05, 0.1) is 16.0 Å². The number of para-hydroxylation sites is 1. The van der Waals surface area contributed by atoms with Gasteiger partial charge in [0, 0.05) is 19.6 Å². The van der Waals surface area contributed by atoms with Gasteiger partial charge in [-0.15, -0.1) is 0 Å². The van der Waals surface area contributed by atoms with Gasteiger partial charge in [0.2, 0.25) is 5.91 Å². The minimum absolute atomic E-state index is 0.0747. The Kier molecular flexibility index (Phi) is 4.72. The smallest absolute Gasteiger partial charge is 0.240 e. The summed E-state index contributed by atoms with van der Waals surface area (Å²) in [6.45, 7) is 2.77. The van der Waals surface area contributed by atoms with Gasteiger partial charge < -0.3 is 9.80 Å². The minimum Gasteiger partial charge on any atom is -0.358 e. The first kappa shape index (κ1) is 15.1. The van der Waals surface area contributed by atoms with E-state index in [9.17, 15) is 4.79 Å². The van der Waals surface area contributed by atoms with Gasteiger partial charge in [0.1, 0.15) is 4.32 Å². The van der Waals surface area contributed by atoms with Crippen LogP contribution in [0.1, 0.15) is 19.3 Å². The van der Waals surface area contributed by atoms with Gasteiger partial charge in [0.15, 0.2) is 0 Å². The van der Waals surface area contributed by atoms with E-state index in [1.165, 1.54) is 24.6 Å². The van der Waals surface area contributed by atoms with Crippen LogP contribution in [0.25, 0.3) is 0 Å². The summed E-state index contributed by atoms with van der Waals surface area (Å²) < 4.78 is 0.867. The van der Waals surface area contributed by atoms with E-state index in [1.54, 1.807) is 4.90 Å². The van der Waals surface area contributed by atoms with Crippen LogP contribution in [0, 0.1) is 0 Å².